The second-order valence-corrected chi connectivity index (χ2v) is 15.0. The number of benzene rings is 4. The van der Waals surface area contributed by atoms with Crippen LogP contribution in [0, 0.1) is 0 Å². The molecule has 2 amide bonds. The number of hydrogen-bond acceptors (Lipinski definition) is 8. The van der Waals surface area contributed by atoms with Gasteiger partial charge in [0.1, 0.15) is 36.1 Å². The van der Waals surface area contributed by atoms with E-state index in [0.29, 0.717) is 0 Å². The normalized spacial score (nSPS) is 12.4. The summed E-state index contributed by atoms with van der Waals surface area (Å²) in [6.45, 7) is 1.73. The topological polar surface area (TPSA) is 191 Å². The lowest BCUT2D eigenvalue weighted by molar-refractivity contribution is -0.137. The summed E-state index contributed by atoms with van der Waals surface area (Å²) in [6, 6.07) is 22.2. The minimum atomic E-state index is -4.64. The van der Waals surface area contributed by atoms with Gasteiger partial charge in [0.05, 0.1) is 22.2 Å². The smallest absolute Gasteiger partial charge is 0.417 e. The first-order chi connectivity index (χ1) is 30.1. The van der Waals surface area contributed by atoms with Crippen LogP contribution in [-0.4, -0.2) is 85.8 Å². The maximum Gasteiger partial charge on any atom is 0.417 e. The summed E-state index contributed by atoms with van der Waals surface area (Å²) in [4.78, 5) is 41.2. The minimum absolute atomic E-state index is 0.0336. The van der Waals surface area contributed by atoms with Crippen molar-refractivity contribution in [2.75, 3.05) is 42.3 Å². The van der Waals surface area contributed by atoms with E-state index >= 15 is 0 Å². The molecule has 0 saturated carbocycles. The number of amides is 2. The molecule has 0 aliphatic carbocycles. The molecular formula is C44H48F6N10O4. The van der Waals surface area contributed by atoms with Gasteiger partial charge in [0.2, 0.25) is 0 Å². The SMILES string of the molecule is CN=C(N)NC(=O)c1cc2c(C(F)(F)F)cc(OCc3cccc(CN(C)C)c3)cc2[nH]1.CN=C(N)NC(=O)c1cc2c(C(F)(F)F)ccc(OCc3cccc(CN(C)C)c3)c2[nH]1. The molecule has 8 N–H and O–H groups in total. The Morgan fingerprint density at radius 3 is 1.61 bits per heavy atom. The van der Waals surface area contributed by atoms with E-state index < -0.39 is 35.3 Å². The van der Waals surface area contributed by atoms with Crippen molar-refractivity contribution in [2.45, 2.75) is 38.7 Å². The number of aromatic amines is 2. The molecule has 6 aromatic rings. The van der Waals surface area contributed by atoms with Crippen LogP contribution in [0.5, 0.6) is 11.5 Å². The summed E-state index contributed by atoms with van der Waals surface area (Å²) in [6.07, 6.45) is -9.24. The van der Waals surface area contributed by atoms with Gasteiger partial charge in [-0.15, -0.1) is 0 Å². The fourth-order valence-corrected chi connectivity index (χ4v) is 6.51. The van der Waals surface area contributed by atoms with Crippen LogP contribution in [0.3, 0.4) is 0 Å². The zero-order valence-corrected chi connectivity index (χ0v) is 35.8. The lowest BCUT2D eigenvalue weighted by Crippen LogP contribution is -2.36. The molecule has 0 unspecified atom stereocenters. The van der Waals surface area contributed by atoms with E-state index in [9.17, 15) is 35.9 Å². The Kier molecular flexibility index (Phi) is 15.3. The second-order valence-electron chi connectivity index (χ2n) is 15.0. The maximum absolute atomic E-state index is 13.7. The largest absolute Gasteiger partial charge is 0.489 e. The maximum atomic E-state index is 13.7. The number of hydrogen-bond donors (Lipinski definition) is 6. The zero-order valence-electron chi connectivity index (χ0n) is 35.8. The van der Waals surface area contributed by atoms with Gasteiger partial charge in [-0.1, -0.05) is 48.5 Å². The quantitative estimate of drug-likeness (QED) is 0.0430. The van der Waals surface area contributed by atoms with Gasteiger partial charge in [-0.3, -0.25) is 30.2 Å². The lowest BCUT2D eigenvalue weighted by atomic mass is 10.1. The van der Waals surface area contributed by atoms with Gasteiger partial charge in [0, 0.05) is 44.0 Å². The molecule has 4 aromatic carbocycles. The predicted octanol–water partition coefficient (Wildman–Crippen LogP) is 7.00. The number of guanidine groups is 2. The highest BCUT2D eigenvalue weighted by Crippen LogP contribution is 2.40. The van der Waals surface area contributed by atoms with Gasteiger partial charge < -0.3 is 40.7 Å². The van der Waals surface area contributed by atoms with Crippen molar-refractivity contribution in [1.82, 2.24) is 30.4 Å². The number of nitrogens with zero attached hydrogens (tertiary/aromatic N) is 4. The van der Waals surface area contributed by atoms with Crippen molar-refractivity contribution in [3.05, 3.63) is 130 Å². The van der Waals surface area contributed by atoms with E-state index in [0.717, 1.165) is 59.6 Å². The van der Waals surface area contributed by atoms with Crippen molar-refractivity contribution in [1.29, 1.82) is 0 Å². The van der Waals surface area contributed by atoms with Crippen LogP contribution >= 0.6 is 0 Å². The number of aliphatic imine (C=N–C) groups is 2. The monoisotopic (exact) mass is 894 g/mol. The third kappa shape index (κ3) is 12.8. The summed E-state index contributed by atoms with van der Waals surface area (Å²) in [5.41, 5.74) is 13.0. The molecule has 0 radical (unpaired) electrons. The number of ether oxygens (including phenoxy) is 2. The summed E-state index contributed by atoms with van der Waals surface area (Å²) < 4.78 is 93.2. The first-order valence-corrected chi connectivity index (χ1v) is 19.4. The van der Waals surface area contributed by atoms with Crippen LogP contribution in [0.1, 0.15) is 54.4 Å². The van der Waals surface area contributed by atoms with Crippen LogP contribution in [0.25, 0.3) is 21.8 Å². The molecule has 14 nitrogen and oxygen atoms in total. The van der Waals surface area contributed by atoms with E-state index in [1.165, 1.54) is 26.2 Å². The predicted molar refractivity (Wildman–Crippen MR) is 233 cm³/mol. The number of halogens is 6. The summed E-state index contributed by atoms with van der Waals surface area (Å²) in [5.74, 6) is -1.48. The summed E-state index contributed by atoms with van der Waals surface area (Å²) >= 11 is 0. The molecule has 0 aliphatic rings. The Morgan fingerprint density at radius 2 is 1.11 bits per heavy atom. The minimum Gasteiger partial charge on any atom is -0.489 e. The van der Waals surface area contributed by atoms with Gasteiger partial charge in [0.25, 0.3) is 11.8 Å². The van der Waals surface area contributed by atoms with Gasteiger partial charge in [0.15, 0.2) is 11.9 Å². The highest BCUT2D eigenvalue weighted by Gasteiger charge is 2.35. The van der Waals surface area contributed by atoms with E-state index in [2.05, 4.69) is 30.6 Å². The third-order valence-corrected chi connectivity index (χ3v) is 9.31. The van der Waals surface area contributed by atoms with Crippen molar-refractivity contribution in [2.24, 2.45) is 21.5 Å². The zero-order chi connectivity index (χ0) is 46.9. The Bertz CT molecular complexity index is 2670. The summed E-state index contributed by atoms with van der Waals surface area (Å²) in [5, 5.41) is 4.27. The first kappa shape index (κ1) is 48.0. The number of alkyl halides is 6. The molecule has 0 spiro atoms. The number of aromatic nitrogens is 2. The number of fused-ring (bicyclic) bond motifs is 2. The van der Waals surface area contributed by atoms with Gasteiger partial charge in [-0.05, 0) is 80.8 Å². The molecule has 6 rings (SSSR count). The van der Waals surface area contributed by atoms with Crippen LogP contribution in [-0.2, 0) is 38.7 Å². The molecule has 0 saturated heterocycles. The average molecular weight is 895 g/mol. The Hall–Kier alpha value is -7.06. The van der Waals surface area contributed by atoms with Gasteiger partial charge in [-0.25, -0.2) is 0 Å². The molecular weight excluding hydrogens is 847 g/mol. The number of rotatable bonds is 12. The Balaban J connectivity index is 0.000000241. The highest BCUT2D eigenvalue weighted by atomic mass is 19.4. The van der Waals surface area contributed by atoms with Gasteiger partial charge in [-0.2, -0.15) is 26.3 Å². The fraction of sp³-hybridized carbons (Fsp3) is 0.273. The van der Waals surface area contributed by atoms with Crippen LogP contribution in [0.15, 0.2) is 94.9 Å². The molecule has 0 bridgehead atoms. The van der Waals surface area contributed by atoms with E-state index in [1.807, 2.05) is 86.5 Å². The molecule has 2 heterocycles. The van der Waals surface area contributed by atoms with Crippen molar-refractivity contribution in [3.8, 4) is 11.5 Å². The number of nitrogens with one attached hydrogen (secondary N) is 4. The highest BCUT2D eigenvalue weighted by molar-refractivity contribution is 6.08. The standard InChI is InChI=1S/2C22H24F3N5O2/c1-27-21(26)29-20(31)19-10-16-17(22(23,24)25)8-15(9-18(16)28-19)32-12-14-6-4-5-13(7-14)11-30(2)3;1-27-21(26)29-20(31)17-10-15-16(22(23,24)25)7-8-18(19(15)28-17)32-12-14-6-4-5-13(9-14)11-30(2)3/h2*4-10,28H,11-12H2,1-3H3,(H3,26,27,29,31). The van der Waals surface area contributed by atoms with Gasteiger partial charge >= 0.3 is 12.4 Å². The van der Waals surface area contributed by atoms with Crippen molar-refractivity contribution < 1.29 is 45.4 Å². The molecule has 0 fully saturated rings. The van der Waals surface area contributed by atoms with E-state index in [1.54, 1.807) is 0 Å². The van der Waals surface area contributed by atoms with Crippen LogP contribution < -0.4 is 31.6 Å². The fourth-order valence-electron chi connectivity index (χ4n) is 6.51. The van der Waals surface area contributed by atoms with E-state index in [4.69, 9.17) is 20.9 Å². The molecule has 20 heteroatoms. The number of carbonyl (C=O) groups is 2. The molecule has 2 aromatic heterocycles. The van der Waals surface area contributed by atoms with Crippen molar-refractivity contribution in [3.63, 3.8) is 0 Å². The lowest BCUT2D eigenvalue weighted by Gasteiger charge is -2.13. The van der Waals surface area contributed by atoms with Crippen LogP contribution in [0.4, 0.5) is 26.3 Å². The Morgan fingerprint density at radius 1 is 0.625 bits per heavy atom. The van der Waals surface area contributed by atoms with E-state index in [-0.39, 0.29) is 69.8 Å². The van der Waals surface area contributed by atoms with Crippen LogP contribution in [0.2, 0.25) is 0 Å². The second kappa shape index (κ2) is 20.4. The first-order valence-electron chi connectivity index (χ1n) is 19.4. The number of carbonyl (C=O) groups excluding carboxylic acids is 2. The average Bonchev–Trinajstić information content (AvgIpc) is 3.87. The Labute approximate surface area is 364 Å². The molecule has 340 valence electrons. The molecule has 64 heavy (non-hydrogen) atoms. The summed E-state index contributed by atoms with van der Waals surface area (Å²) in [7, 11) is 10.6. The number of H-pyrrole nitrogens is 2. The molecule has 0 aliphatic heterocycles. The molecule has 0 atom stereocenters. The third-order valence-electron chi connectivity index (χ3n) is 9.31. The van der Waals surface area contributed by atoms with Crippen molar-refractivity contribution >= 4 is 45.5 Å². The number of nitrogens with two attached hydrogens (primary N) is 2.